The fourth-order valence-corrected chi connectivity index (χ4v) is 4.19. The van der Waals surface area contributed by atoms with Gasteiger partial charge in [0.1, 0.15) is 0 Å². The van der Waals surface area contributed by atoms with Crippen LogP contribution in [0.3, 0.4) is 0 Å². The van der Waals surface area contributed by atoms with Crippen molar-refractivity contribution in [1.29, 1.82) is 0 Å². The molecule has 0 fully saturated rings. The summed E-state index contributed by atoms with van der Waals surface area (Å²) in [6, 6.07) is 15.9. The van der Waals surface area contributed by atoms with Crippen LogP contribution < -0.4 is 4.90 Å². The Morgan fingerprint density at radius 1 is 0.586 bits per heavy atom. The fraction of sp³-hybridized carbons (Fsp3) is 0.571. The Labute approximate surface area is 180 Å². The molecule has 2 rings (SSSR count). The van der Waals surface area contributed by atoms with Gasteiger partial charge in [0.25, 0.3) is 0 Å². The maximum atomic E-state index is 2.59. The topological polar surface area (TPSA) is 3.24 Å². The lowest BCUT2D eigenvalue weighted by atomic mass is 9.89. The predicted molar refractivity (Wildman–Crippen MR) is 131 cm³/mol. The maximum absolute atomic E-state index is 2.59. The number of rotatable bonds is 14. The summed E-state index contributed by atoms with van der Waals surface area (Å²) in [5.41, 5.74) is 7.71. The van der Waals surface area contributed by atoms with Crippen LogP contribution in [-0.4, -0.2) is 6.54 Å². The molecule has 0 aliphatic carbocycles. The van der Waals surface area contributed by atoms with E-state index in [-0.39, 0.29) is 0 Å². The Morgan fingerprint density at radius 3 is 1.79 bits per heavy atom. The minimum absolute atomic E-state index is 1.10. The van der Waals surface area contributed by atoms with Gasteiger partial charge in [0, 0.05) is 17.9 Å². The Kier molecular flexibility index (Phi) is 10.9. The first-order valence-corrected chi connectivity index (χ1v) is 12.2. The summed E-state index contributed by atoms with van der Waals surface area (Å²) in [6.45, 7) is 10.3. The van der Waals surface area contributed by atoms with Crippen LogP contribution in [0, 0.1) is 0 Å². The molecule has 29 heavy (non-hydrogen) atoms. The number of anilines is 2. The van der Waals surface area contributed by atoms with Gasteiger partial charge in [-0.1, -0.05) is 77.6 Å². The van der Waals surface area contributed by atoms with Gasteiger partial charge >= 0.3 is 0 Å². The Morgan fingerprint density at radius 2 is 1.17 bits per heavy atom. The molecule has 0 amide bonds. The molecule has 0 spiro atoms. The third-order valence-electron chi connectivity index (χ3n) is 5.96. The smallest absolute Gasteiger partial charge is 0.0446 e. The van der Waals surface area contributed by atoms with E-state index in [1.807, 2.05) is 0 Å². The molecule has 160 valence electrons. The van der Waals surface area contributed by atoms with E-state index in [4.69, 9.17) is 0 Å². The van der Waals surface area contributed by atoms with Crippen LogP contribution in [0.2, 0.25) is 0 Å². The highest BCUT2D eigenvalue weighted by Gasteiger charge is 2.18. The molecule has 0 radical (unpaired) electrons. The third kappa shape index (κ3) is 6.91. The molecule has 0 aromatic heterocycles. The summed E-state index contributed by atoms with van der Waals surface area (Å²) < 4.78 is 0. The normalized spacial score (nSPS) is 11.0. The van der Waals surface area contributed by atoms with Gasteiger partial charge in [0.2, 0.25) is 0 Å². The van der Waals surface area contributed by atoms with Crippen molar-refractivity contribution in [2.24, 2.45) is 0 Å². The predicted octanol–water partition coefficient (Wildman–Crippen LogP) is 8.65. The molecule has 0 aliphatic heterocycles. The SMILES string of the molecule is CCCCc1ccc(N(CCCC)c2ccccc2)c(CCCC)c1CCCC. The number of unbranched alkanes of at least 4 members (excludes halogenated alkanes) is 4. The highest BCUT2D eigenvalue weighted by atomic mass is 15.1. The molecule has 2 aromatic carbocycles. The van der Waals surface area contributed by atoms with Crippen LogP contribution >= 0.6 is 0 Å². The van der Waals surface area contributed by atoms with Crippen LogP contribution in [0.25, 0.3) is 0 Å². The average Bonchev–Trinajstić information content (AvgIpc) is 2.76. The molecule has 0 unspecified atom stereocenters. The Bertz CT molecular complexity index is 689. The lowest BCUT2D eigenvalue weighted by molar-refractivity contribution is 0.729. The summed E-state index contributed by atoms with van der Waals surface area (Å²) in [7, 11) is 0. The molecule has 2 aromatic rings. The second kappa shape index (κ2) is 13.5. The zero-order valence-corrected chi connectivity index (χ0v) is 19.5. The number of hydrogen-bond acceptors (Lipinski definition) is 1. The van der Waals surface area contributed by atoms with Crippen LogP contribution in [0.15, 0.2) is 42.5 Å². The zero-order chi connectivity index (χ0) is 20.9. The minimum Gasteiger partial charge on any atom is -0.341 e. The van der Waals surface area contributed by atoms with Crippen molar-refractivity contribution < 1.29 is 0 Å². The third-order valence-corrected chi connectivity index (χ3v) is 5.96. The summed E-state index contributed by atoms with van der Waals surface area (Å²) in [5, 5.41) is 0. The average molecular weight is 394 g/mol. The minimum atomic E-state index is 1.10. The van der Waals surface area contributed by atoms with Crippen molar-refractivity contribution in [2.75, 3.05) is 11.4 Å². The number of hydrogen-bond donors (Lipinski definition) is 0. The van der Waals surface area contributed by atoms with Gasteiger partial charge in [-0.3, -0.25) is 0 Å². The lowest BCUT2D eigenvalue weighted by Gasteiger charge is -2.30. The molecule has 0 saturated carbocycles. The van der Waals surface area contributed by atoms with Gasteiger partial charge in [0.05, 0.1) is 0 Å². The van der Waals surface area contributed by atoms with Gasteiger partial charge < -0.3 is 4.90 Å². The number of benzene rings is 2. The molecule has 0 aliphatic rings. The van der Waals surface area contributed by atoms with E-state index in [1.165, 1.54) is 82.0 Å². The van der Waals surface area contributed by atoms with Crippen LogP contribution in [-0.2, 0) is 19.3 Å². The van der Waals surface area contributed by atoms with E-state index < -0.39 is 0 Å². The zero-order valence-electron chi connectivity index (χ0n) is 19.5. The van der Waals surface area contributed by atoms with E-state index >= 15 is 0 Å². The van der Waals surface area contributed by atoms with Crippen molar-refractivity contribution in [1.82, 2.24) is 0 Å². The van der Waals surface area contributed by atoms with Gasteiger partial charge in [-0.25, -0.2) is 0 Å². The summed E-state index contributed by atoms with van der Waals surface area (Å²) in [4.78, 5) is 2.59. The fourth-order valence-electron chi connectivity index (χ4n) is 4.19. The van der Waals surface area contributed by atoms with Crippen LogP contribution in [0.1, 0.15) is 95.8 Å². The molecule has 0 saturated heterocycles. The molecular formula is C28H43N. The molecule has 1 nitrogen and oxygen atoms in total. The Balaban J connectivity index is 2.55. The van der Waals surface area contributed by atoms with Crippen LogP contribution in [0.5, 0.6) is 0 Å². The summed E-state index contributed by atoms with van der Waals surface area (Å²) in [6.07, 6.45) is 13.8. The van der Waals surface area contributed by atoms with Gasteiger partial charge in [-0.15, -0.1) is 0 Å². The van der Waals surface area contributed by atoms with Crippen molar-refractivity contribution in [2.45, 2.75) is 98.3 Å². The van der Waals surface area contributed by atoms with Gasteiger partial charge in [-0.05, 0) is 79.8 Å². The van der Waals surface area contributed by atoms with E-state index in [1.54, 1.807) is 16.7 Å². The highest BCUT2D eigenvalue weighted by Crippen LogP contribution is 2.35. The number of nitrogens with zero attached hydrogens (tertiary/aromatic N) is 1. The second-order valence-electron chi connectivity index (χ2n) is 8.35. The van der Waals surface area contributed by atoms with E-state index in [2.05, 4.69) is 75.1 Å². The first kappa shape index (κ1) is 23.5. The lowest BCUT2D eigenvalue weighted by Crippen LogP contribution is -2.21. The maximum Gasteiger partial charge on any atom is 0.0446 e. The van der Waals surface area contributed by atoms with E-state index in [9.17, 15) is 0 Å². The molecule has 0 N–H and O–H groups in total. The van der Waals surface area contributed by atoms with E-state index in [0.717, 1.165) is 6.54 Å². The quantitative estimate of drug-likeness (QED) is 0.310. The highest BCUT2D eigenvalue weighted by molar-refractivity contribution is 5.69. The largest absolute Gasteiger partial charge is 0.341 e. The Hall–Kier alpha value is -1.76. The second-order valence-corrected chi connectivity index (χ2v) is 8.35. The molecule has 0 bridgehead atoms. The summed E-state index contributed by atoms with van der Waals surface area (Å²) >= 11 is 0. The first-order valence-electron chi connectivity index (χ1n) is 12.2. The van der Waals surface area contributed by atoms with Gasteiger partial charge in [0.15, 0.2) is 0 Å². The van der Waals surface area contributed by atoms with E-state index in [0.29, 0.717) is 0 Å². The van der Waals surface area contributed by atoms with Crippen LogP contribution in [0.4, 0.5) is 11.4 Å². The van der Waals surface area contributed by atoms with Crippen molar-refractivity contribution in [3.63, 3.8) is 0 Å². The first-order chi connectivity index (χ1) is 14.3. The number of para-hydroxylation sites is 1. The van der Waals surface area contributed by atoms with Crippen molar-refractivity contribution >= 4 is 11.4 Å². The molecular weight excluding hydrogens is 350 g/mol. The van der Waals surface area contributed by atoms with Crippen molar-refractivity contribution in [3.05, 3.63) is 59.2 Å². The molecule has 0 heterocycles. The number of aryl methyl sites for hydroxylation is 1. The van der Waals surface area contributed by atoms with Crippen molar-refractivity contribution in [3.8, 4) is 0 Å². The molecule has 1 heteroatoms. The van der Waals surface area contributed by atoms with Gasteiger partial charge in [-0.2, -0.15) is 0 Å². The summed E-state index contributed by atoms with van der Waals surface area (Å²) in [5.74, 6) is 0. The standard InChI is InChI=1S/C28H43N/c1-5-9-16-24-21-22-28(27(20-11-7-3)26(24)19-10-6-2)29(23-12-8-4)25-17-14-13-15-18-25/h13-15,17-18,21-22H,5-12,16,19-20,23H2,1-4H3. The monoisotopic (exact) mass is 393 g/mol. The molecule has 0 atom stereocenters.